The van der Waals surface area contributed by atoms with Gasteiger partial charge in [-0.25, -0.2) is 4.99 Å². The molecule has 5 nitrogen and oxygen atoms in total. The van der Waals surface area contributed by atoms with Gasteiger partial charge in [0.25, 0.3) is 0 Å². The van der Waals surface area contributed by atoms with Crippen LogP contribution in [0.25, 0.3) is 10.9 Å². The fourth-order valence-corrected chi connectivity index (χ4v) is 2.38. The first-order chi connectivity index (χ1) is 11.4. The van der Waals surface area contributed by atoms with Gasteiger partial charge in [-0.3, -0.25) is 4.98 Å². The highest BCUT2D eigenvalue weighted by atomic mass is 16.3. The van der Waals surface area contributed by atoms with E-state index in [4.69, 9.17) is 4.42 Å². The lowest BCUT2D eigenvalue weighted by Gasteiger charge is -2.10. The van der Waals surface area contributed by atoms with Gasteiger partial charge in [0.1, 0.15) is 5.76 Å². The van der Waals surface area contributed by atoms with Crippen LogP contribution in [0.4, 0.5) is 0 Å². The summed E-state index contributed by atoms with van der Waals surface area (Å²) in [7, 11) is 0. The lowest BCUT2D eigenvalue weighted by atomic mass is 10.1. The van der Waals surface area contributed by atoms with Crippen LogP contribution in [0, 0.1) is 0 Å². The molecule has 0 amide bonds. The number of rotatable bonds is 5. The van der Waals surface area contributed by atoms with Crippen molar-refractivity contribution in [3.8, 4) is 0 Å². The zero-order chi connectivity index (χ0) is 15.9. The van der Waals surface area contributed by atoms with Crippen LogP contribution in [0.5, 0.6) is 0 Å². The molecule has 0 radical (unpaired) electrons. The van der Waals surface area contributed by atoms with Gasteiger partial charge in [0.2, 0.25) is 0 Å². The monoisotopic (exact) mass is 308 g/mol. The summed E-state index contributed by atoms with van der Waals surface area (Å²) in [5.74, 6) is 1.65. The van der Waals surface area contributed by atoms with Crippen molar-refractivity contribution in [1.29, 1.82) is 0 Å². The Kier molecular flexibility index (Phi) is 4.88. The van der Waals surface area contributed by atoms with Crippen LogP contribution in [0.3, 0.4) is 0 Å². The van der Waals surface area contributed by atoms with Crippen molar-refractivity contribution >= 4 is 16.9 Å². The highest BCUT2D eigenvalue weighted by Crippen LogP contribution is 2.16. The molecule has 0 fully saturated rings. The minimum atomic E-state index is 0.594. The van der Waals surface area contributed by atoms with Crippen LogP contribution in [0.2, 0.25) is 0 Å². The van der Waals surface area contributed by atoms with Crippen LogP contribution in [-0.4, -0.2) is 17.5 Å². The van der Waals surface area contributed by atoms with Crippen molar-refractivity contribution in [2.75, 3.05) is 6.54 Å². The number of para-hydroxylation sites is 1. The molecule has 0 aliphatic heterocycles. The van der Waals surface area contributed by atoms with Crippen LogP contribution < -0.4 is 10.6 Å². The molecule has 0 saturated heterocycles. The Labute approximate surface area is 135 Å². The van der Waals surface area contributed by atoms with Gasteiger partial charge in [-0.1, -0.05) is 18.2 Å². The van der Waals surface area contributed by atoms with Crippen LogP contribution in [-0.2, 0) is 13.1 Å². The zero-order valence-electron chi connectivity index (χ0n) is 13.1. The number of benzene rings is 1. The van der Waals surface area contributed by atoms with Gasteiger partial charge in [0, 0.05) is 18.1 Å². The summed E-state index contributed by atoms with van der Waals surface area (Å²) in [5.41, 5.74) is 2.15. The van der Waals surface area contributed by atoms with E-state index in [0.717, 1.165) is 34.7 Å². The van der Waals surface area contributed by atoms with Gasteiger partial charge < -0.3 is 15.1 Å². The molecule has 2 N–H and O–H groups in total. The molecule has 0 aliphatic carbocycles. The van der Waals surface area contributed by atoms with Gasteiger partial charge in [0.05, 0.1) is 24.9 Å². The van der Waals surface area contributed by atoms with E-state index in [0.29, 0.717) is 13.1 Å². The molecular formula is C18H20N4O. The SMILES string of the molecule is CCNC(=NCc1ccnc2ccccc12)NCc1ccco1. The standard InChI is InChI=1S/C18H20N4O/c1-2-19-18(22-13-15-6-5-11-23-15)21-12-14-9-10-20-17-8-4-3-7-16(14)17/h3-11H,2,12-13H2,1H3,(H2,19,21,22). The molecule has 0 spiro atoms. The Balaban J connectivity index is 1.74. The third-order valence-electron chi connectivity index (χ3n) is 3.50. The Bertz CT molecular complexity index is 775. The molecule has 0 aliphatic rings. The average molecular weight is 308 g/mol. The lowest BCUT2D eigenvalue weighted by Crippen LogP contribution is -2.36. The largest absolute Gasteiger partial charge is 0.467 e. The quantitative estimate of drug-likeness (QED) is 0.561. The first kappa shape index (κ1) is 15.1. The van der Waals surface area contributed by atoms with E-state index in [2.05, 4.69) is 26.7 Å². The summed E-state index contributed by atoms with van der Waals surface area (Å²) >= 11 is 0. The summed E-state index contributed by atoms with van der Waals surface area (Å²) in [4.78, 5) is 9.04. The summed E-state index contributed by atoms with van der Waals surface area (Å²) in [6, 6.07) is 14.0. The number of pyridine rings is 1. The number of fused-ring (bicyclic) bond motifs is 1. The van der Waals surface area contributed by atoms with Crippen molar-refractivity contribution in [3.05, 3.63) is 66.2 Å². The third kappa shape index (κ3) is 3.88. The number of nitrogens with one attached hydrogen (secondary N) is 2. The van der Waals surface area contributed by atoms with Crippen molar-refractivity contribution in [1.82, 2.24) is 15.6 Å². The minimum Gasteiger partial charge on any atom is -0.467 e. The van der Waals surface area contributed by atoms with Crippen LogP contribution in [0.1, 0.15) is 18.2 Å². The molecule has 0 bridgehead atoms. The fourth-order valence-electron chi connectivity index (χ4n) is 2.38. The molecule has 118 valence electrons. The summed E-state index contributed by atoms with van der Waals surface area (Å²) in [6.07, 6.45) is 3.50. The number of hydrogen-bond donors (Lipinski definition) is 2. The molecule has 23 heavy (non-hydrogen) atoms. The number of nitrogens with zero attached hydrogens (tertiary/aromatic N) is 2. The minimum absolute atomic E-state index is 0.594. The smallest absolute Gasteiger partial charge is 0.191 e. The maximum Gasteiger partial charge on any atom is 0.191 e. The first-order valence-electron chi connectivity index (χ1n) is 7.74. The van der Waals surface area contributed by atoms with Crippen molar-refractivity contribution in [2.24, 2.45) is 4.99 Å². The highest BCUT2D eigenvalue weighted by molar-refractivity contribution is 5.83. The third-order valence-corrected chi connectivity index (χ3v) is 3.50. The van der Waals surface area contributed by atoms with Crippen molar-refractivity contribution in [3.63, 3.8) is 0 Å². The van der Waals surface area contributed by atoms with E-state index < -0.39 is 0 Å². The molecule has 5 heteroatoms. The molecular weight excluding hydrogens is 288 g/mol. The molecule has 2 aromatic heterocycles. The number of aliphatic imine (C=N–C) groups is 1. The number of hydrogen-bond acceptors (Lipinski definition) is 3. The molecule has 0 saturated carbocycles. The van der Waals surface area contributed by atoms with E-state index >= 15 is 0 Å². The highest BCUT2D eigenvalue weighted by Gasteiger charge is 2.03. The molecule has 0 atom stereocenters. The maximum absolute atomic E-state index is 5.33. The Morgan fingerprint density at radius 1 is 1.13 bits per heavy atom. The zero-order valence-corrected chi connectivity index (χ0v) is 13.1. The second-order valence-corrected chi connectivity index (χ2v) is 5.12. The first-order valence-corrected chi connectivity index (χ1v) is 7.74. The van der Waals surface area contributed by atoms with Gasteiger partial charge in [-0.2, -0.15) is 0 Å². The second kappa shape index (κ2) is 7.45. The predicted molar refractivity (Wildman–Crippen MR) is 92.1 cm³/mol. The second-order valence-electron chi connectivity index (χ2n) is 5.12. The van der Waals surface area contributed by atoms with Crippen LogP contribution in [0.15, 0.2) is 64.3 Å². The topological polar surface area (TPSA) is 62.5 Å². The van der Waals surface area contributed by atoms with Crippen LogP contribution >= 0.6 is 0 Å². The number of furan rings is 1. The maximum atomic E-state index is 5.33. The predicted octanol–water partition coefficient (Wildman–Crippen LogP) is 3.08. The van der Waals surface area contributed by atoms with Gasteiger partial charge >= 0.3 is 0 Å². The summed E-state index contributed by atoms with van der Waals surface area (Å²) in [5, 5.41) is 7.66. The van der Waals surface area contributed by atoms with E-state index in [-0.39, 0.29) is 0 Å². The molecule has 3 rings (SSSR count). The van der Waals surface area contributed by atoms with E-state index in [1.165, 1.54) is 0 Å². The molecule has 3 aromatic rings. The molecule has 1 aromatic carbocycles. The average Bonchev–Trinajstić information content (AvgIpc) is 3.11. The van der Waals surface area contributed by atoms with E-state index in [9.17, 15) is 0 Å². The van der Waals surface area contributed by atoms with Gasteiger partial charge in [-0.15, -0.1) is 0 Å². The number of guanidine groups is 1. The van der Waals surface area contributed by atoms with Crippen molar-refractivity contribution in [2.45, 2.75) is 20.0 Å². The van der Waals surface area contributed by atoms with Crippen molar-refractivity contribution < 1.29 is 4.42 Å². The lowest BCUT2D eigenvalue weighted by molar-refractivity contribution is 0.501. The summed E-state index contributed by atoms with van der Waals surface area (Å²) < 4.78 is 5.33. The number of aromatic nitrogens is 1. The fraction of sp³-hybridized carbons (Fsp3) is 0.222. The summed E-state index contributed by atoms with van der Waals surface area (Å²) in [6.45, 7) is 4.06. The van der Waals surface area contributed by atoms with E-state index in [1.54, 1.807) is 6.26 Å². The van der Waals surface area contributed by atoms with E-state index in [1.807, 2.05) is 49.5 Å². The molecule has 0 unspecified atom stereocenters. The molecule has 2 heterocycles. The Hall–Kier alpha value is -2.82. The van der Waals surface area contributed by atoms with Gasteiger partial charge in [0.15, 0.2) is 5.96 Å². The Morgan fingerprint density at radius 2 is 2.04 bits per heavy atom. The normalized spacial score (nSPS) is 11.6. The van der Waals surface area contributed by atoms with Gasteiger partial charge in [-0.05, 0) is 36.8 Å². The Morgan fingerprint density at radius 3 is 2.87 bits per heavy atom.